The number of benzene rings is 1. The quantitative estimate of drug-likeness (QED) is 0.671. The molecule has 0 amide bonds. The zero-order valence-electron chi connectivity index (χ0n) is 11.2. The maximum atomic E-state index is 10.9. The van der Waals surface area contributed by atoms with Crippen LogP contribution in [0.25, 0.3) is 11.0 Å². The largest absolute Gasteiger partial charge is 0.462 e. The van der Waals surface area contributed by atoms with Crippen LogP contribution in [0.1, 0.15) is 12.8 Å². The smallest absolute Gasteiger partial charge is 0.272 e. The summed E-state index contributed by atoms with van der Waals surface area (Å²) in [6.45, 7) is 4.00. The monoisotopic (exact) mass is 275 g/mol. The van der Waals surface area contributed by atoms with Crippen molar-refractivity contribution in [2.45, 2.75) is 12.8 Å². The minimum Gasteiger partial charge on any atom is -0.462 e. The second-order valence-electron chi connectivity index (χ2n) is 5.06. The van der Waals surface area contributed by atoms with Crippen LogP contribution in [-0.4, -0.2) is 36.0 Å². The van der Waals surface area contributed by atoms with Crippen molar-refractivity contribution in [3.05, 3.63) is 34.6 Å². The summed E-state index contributed by atoms with van der Waals surface area (Å²) in [5.41, 5.74) is 1.46. The van der Waals surface area contributed by atoms with Gasteiger partial charge < -0.3 is 14.6 Å². The van der Waals surface area contributed by atoms with Crippen LogP contribution < -0.4 is 5.32 Å². The number of nitro benzene ring substituents is 1. The van der Waals surface area contributed by atoms with Crippen molar-refractivity contribution in [2.75, 3.05) is 31.5 Å². The van der Waals surface area contributed by atoms with Gasteiger partial charge in [-0.3, -0.25) is 10.1 Å². The van der Waals surface area contributed by atoms with Crippen molar-refractivity contribution in [1.29, 1.82) is 0 Å². The summed E-state index contributed by atoms with van der Waals surface area (Å²) < 4.78 is 5.41. The lowest BCUT2D eigenvalue weighted by molar-refractivity contribution is -0.384. The minimum atomic E-state index is -0.377. The van der Waals surface area contributed by atoms with E-state index >= 15 is 0 Å². The molecule has 1 aromatic carbocycles. The van der Waals surface area contributed by atoms with Crippen molar-refractivity contribution in [3.63, 3.8) is 0 Å². The number of non-ortho nitro benzene ring substituents is 1. The third-order valence-corrected chi connectivity index (χ3v) is 3.69. The minimum absolute atomic E-state index is 0.0857. The molecule has 1 N–H and O–H groups in total. The maximum Gasteiger partial charge on any atom is 0.272 e. The van der Waals surface area contributed by atoms with E-state index in [1.54, 1.807) is 12.3 Å². The molecule has 1 aliphatic rings. The van der Waals surface area contributed by atoms with E-state index in [4.69, 9.17) is 4.42 Å². The molecule has 3 rings (SSSR count). The SMILES string of the molecule is O=[N+]([O-])c1cc(NCCN2CCCC2)c2occc2c1. The highest BCUT2D eigenvalue weighted by atomic mass is 16.6. The number of rotatable bonds is 5. The van der Waals surface area contributed by atoms with E-state index in [0.717, 1.165) is 31.6 Å². The van der Waals surface area contributed by atoms with E-state index < -0.39 is 0 Å². The van der Waals surface area contributed by atoms with Crippen LogP contribution in [-0.2, 0) is 0 Å². The highest BCUT2D eigenvalue weighted by Gasteiger charge is 2.15. The summed E-state index contributed by atoms with van der Waals surface area (Å²) in [5.74, 6) is 0. The number of nitro groups is 1. The molecular formula is C14H17N3O3. The zero-order valence-corrected chi connectivity index (χ0v) is 11.2. The van der Waals surface area contributed by atoms with Crippen molar-refractivity contribution in [1.82, 2.24) is 4.90 Å². The molecule has 0 bridgehead atoms. The number of nitrogens with one attached hydrogen (secondary N) is 1. The Kier molecular flexibility index (Phi) is 3.56. The first kappa shape index (κ1) is 12.9. The number of likely N-dealkylation sites (tertiary alicyclic amines) is 1. The van der Waals surface area contributed by atoms with Crippen LogP contribution in [0, 0.1) is 10.1 Å². The molecule has 2 heterocycles. The Morgan fingerprint density at radius 2 is 2.15 bits per heavy atom. The van der Waals surface area contributed by atoms with Crippen LogP contribution in [0.3, 0.4) is 0 Å². The Balaban J connectivity index is 1.75. The molecule has 1 aromatic heterocycles. The molecule has 0 atom stereocenters. The van der Waals surface area contributed by atoms with E-state index in [9.17, 15) is 10.1 Å². The number of hydrogen-bond donors (Lipinski definition) is 1. The molecule has 1 aliphatic heterocycles. The van der Waals surface area contributed by atoms with Gasteiger partial charge in [0.05, 0.1) is 16.9 Å². The van der Waals surface area contributed by atoms with E-state index in [-0.39, 0.29) is 10.6 Å². The first-order chi connectivity index (χ1) is 9.74. The third kappa shape index (κ3) is 2.60. The van der Waals surface area contributed by atoms with Crippen molar-refractivity contribution < 1.29 is 9.34 Å². The van der Waals surface area contributed by atoms with Crippen LogP contribution in [0.4, 0.5) is 11.4 Å². The molecule has 20 heavy (non-hydrogen) atoms. The molecule has 0 radical (unpaired) electrons. The molecular weight excluding hydrogens is 258 g/mol. The second kappa shape index (κ2) is 5.50. The fourth-order valence-corrected chi connectivity index (χ4v) is 2.66. The number of fused-ring (bicyclic) bond motifs is 1. The molecule has 0 spiro atoms. The maximum absolute atomic E-state index is 10.9. The average molecular weight is 275 g/mol. The van der Waals surface area contributed by atoms with Gasteiger partial charge >= 0.3 is 0 Å². The summed E-state index contributed by atoms with van der Waals surface area (Å²) >= 11 is 0. The lowest BCUT2D eigenvalue weighted by Gasteiger charge is -2.15. The van der Waals surface area contributed by atoms with E-state index in [1.807, 2.05) is 0 Å². The Hall–Kier alpha value is -2.08. The highest BCUT2D eigenvalue weighted by molar-refractivity contribution is 5.91. The molecule has 1 saturated heterocycles. The molecule has 1 fully saturated rings. The Morgan fingerprint density at radius 1 is 1.35 bits per heavy atom. The number of furan rings is 1. The predicted molar refractivity (Wildman–Crippen MR) is 77.0 cm³/mol. The molecule has 6 heteroatoms. The predicted octanol–water partition coefficient (Wildman–Crippen LogP) is 2.85. The van der Waals surface area contributed by atoms with Gasteiger partial charge in [0.2, 0.25) is 0 Å². The van der Waals surface area contributed by atoms with Gasteiger partial charge in [0.25, 0.3) is 5.69 Å². The summed E-state index contributed by atoms with van der Waals surface area (Å²) in [6.07, 6.45) is 4.08. The first-order valence-electron chi connectivity index (χ1n) is 6.86. The van der Waals surface area contributed by atoms with Crippen molar-refractivity contribution in [2.24, 2.45) is 0 Å². The van der Waals surface area contributed by atoms with Gasteiger partial charge in [-0.15, -0.1) is 0 Å². The van der Waals surface area contributed by atoms with Crippen LogP contribution in [0.15, 0.2) is 28.9 Å². The van der Waals surface area contributed by atoms with Gasteiger partial charge in [-0.2, -0.15) is 0 Å². The Morgan fingerprint density at radius 3 is 2.90 bits per heavy atom. The Labute approximate surface area is 116 Å². The molecule has 106 valence electrons. The topological polar surface area (TPSA) is 71.6 Å². The molecule has 0 aliphatic carbocycles. The van der Waals surface area contributed by atoms with Crippen molar-refractivity contribution >= 4 is 22.3 Å². The van der Waals surface area contributed by atoms with Gasteiger partial charge in [0.1, 0.15) is 0 Å². The lowest BCUT2D eigenvalue weighted by Crippen LogP contribution is -2.25. The van der Waals surface area contributed by atoms with Gasteiger partial charge in [0, 0.05) is 30.6 Å². The van der Waals surface area contributed by atoms with Gasteiger partial charge in [-0.1, -0.05) is 0 Å². The molecule has 2 aromatic rings. The van der Waals surface area contributed by atoms with Gasteiger partial charge in [0.15, 0.2) is 5.58 Å². The van der Waals surface area contributed by atoms with Crippen LogP contribution in [0.2, 0.25) is 0 Å². The lowest BCUT2D eigenvalue weighted by atomic mass is 10.2. The van der Waals surface area contributed by atoms with E-state index in [1.165, 1.54) is 25.0 Å². The van der Waals surface area contributed by atoms with Crippen molar-refractivity contribution in [3.8, 4) is 0 Å². The average Bonchev–Trinajstić information content (AvgIpc) is 3.08. The standard InChI is InChI=1S/C14H17N3O3/c18-17(19)12-9-11-3-8-20-14(11)13(10-12)15-4-7-16-5-1-2-6-16/h3,8-10,15H,1-2,4-7H2. The Bertz CT molecular complexity index is 617. The first-order valence-corrected chi connectivity index (χ1v) is 6.86. The molecule has 6 nitrogen and oxygen atoms in total. The second-order valence-corrected chi connectivity index (χ2v) is 5.06. The fraction of sp³-hybridized carbons (Fsp3) is 0.429. The van der Waals surface area contributed by atoms with Crippen LogP contribution >= 0.6 is 0 Å². The van der Waals surface area contributed by atoms with Crippen LogP contribution in [0.5, 0.6) is 0 Å². The summed E-state index contributed by atoms with van der Waals surface area (Å²) in [5, 5.41) is 14.9. The molecule has 0 saturated carbocycles. The number of nitrogens with zero attached hydrogens (tertiary/aromatic N) is 2. The van der Waals surface area contributed by atoms with Gasteiger partial charge in [-0.25, -0.2) is 0 Å². The summed E-state index contributed by atoms with van der Waals surface area (Å²) in [7, 11) is 0. The number of anilines is 1. The normalized spacial score (nSPS) is 15.8. The van der Waals surface area contributed by atoms with E-state index in [0.29, 0.717) is 11.3 Å². The summed E-state index contributed by atoms with van der Waals surface area (Å²) in [6, 6.07) is 4.81. The zero-order chi connectivity index (χ0) is 13.9. The summed E-state index contributed by atoms with van der Waals surface area (Å²) in [4.78, 5) is 13.0. The molecule has 0 unspecified atom stereocenters. The third-order valence-electron chi connectivity index (χ3n) is 3.69. The van der Waals surface area contributed by atoms with E-state index in [2.05, 4.69) is 10.2 Å². The number of hydrogen-bond acceptors (Lipinski definition) is 5. The fourth-order valence-electron chi connectivity index (χ4n) is 2.66. The highest BCUT2D eigenvalue weighted by Crippen LogP contribution is 2.30. The van der Waals surface area contributed by atoms with Gasteiger partial charge in [-0.05, 0) is 32.0 Å².